The molecule has 0 aromatic heterocycles. The summed E-state index contributed by atoms with van der Waals surface area (Å²) in [5.74, 6) is 0.316. The summed E-state index contributed by atoms with van der Waals surface area (Å²) < 4.78 is 18.6. The van der Waals surface area contributed by atoms with Gasteiger partial charge in [0.05, 0.1) is 11.1 Å². The first-order chi connectivity index (χ1) is 13.4. The highest BCUT2D eigenvalue weighted by Crippen LogP contribution is 2.31. The number of ether oxygens (including phenoxy) is 1. The average Bonchev–Trinajstić information content (AvgIpc) is 2.68. The molecule has 1 aliphatic rings. The van der Waals surface area contributed by atoms with Crippen molar-refractivity contribution >= 4 is 23.2 Å². The molecule has 3 rings (SSSR count). The predicted molar refractivity (Wildman–Crippen MR) is 108 cm³/mol. The van der Waals surface area contributed by atoms with Crippen LogP contribution in [0.5, 0.6) is 5.75 Å². The van der Waals surface area contributed by atoms with Crippen LogP contribution in [0.4, 0.5) is 4.39 Å². The summed E-state index contributed by atoms with van der Waals surface area (Å²) in [7, 11) is 0. The predicted octanol–water partition coefficient (Wildman–Crippen LogP) is 4.32. The highest BCUT2D eigenvalue weighted by atomic mass is 35.5. The van der Waals surface area contributed by atoms with Crippen LogP contribution in [0.2, 0.25) is 10.0 Å². The van der Waals surface area contributed by atoms with Gasteiger partial charge in [-0.1, -0.05) is 35.3 Å². The molecule has 4 nitrogen and oxygen atoms in total. The first kappa shape index (κ1) is 21.3. The van der Waals surface area contributed by atoms with Crippen molar-refractivity contribution in [2.24, 2.45) is 5.92 Å². The Kier molecular flexibility index (Phi) is 7.55. The molecule has 1 fully saturated rings. The molecule has 0 amide bonds. The van der Waals surface area contributed by atoms with Crippen molar-refractivity contribution in [3.8, 4) is 5.75 Å². The fourth-order valence-corrected chi connectivity index (χ4v) is 3.98. The van der Waals surface area contributed by atoms with Crippen LogP contribution in [0.1, 0.15) is 24.5 Å². The largest absolute Gasteiger partial charge is 0.489 e. The molecule has 2 aromatic carbocycles. The van der Waals surface area contributed by atoms with Crippen molar-refractivity contribution < 1.29 is 19.3 Å². The maximum Gasteiger partial charge on any atom is 0.138 e. The Bertz CT molecular complexity index is 767. The smallest absolute Gasteiger partial charge is 0.138 e. The molecule has 2 unspecified atom stereocenters. The number of aliphatic hydroxyl groups is 2. The molecule has 0 bridgehead atoms. The van der Waals surface area contributed by atoms with Gasteiger partial charge in [0.2, 0.25) is 0 Å². The third-order valence-corrected chi connectivity index (χ3v) is 5.61. The molecule has 1 saturated heterocycles. The fraction of sp³-hybridized carbons (Fsp3) is 0.429. The number of aliphatic hydroxyl groups excluding tert-OH is 2. The molecule has 0 saturated carbocycles. The zero-order valence-electron chi connectivity index (χ0n) is 15.4. The van der Waals surface area contributed by atoms with E-state index in [-0.39, 0.29) is 18.3 Å². The Morgan fingerprint density at radius 2 is 1.75 bits per heavy atom. The van der Waals surface area contributed by atoms with Crippen LogP contribution in [-0.4, -0.2) is 47.5 Å². The number of benzene rings is 2. The molecular weight excluding hydrogens is 404 g/mol. The van der Waals surface area contributed by atoms with Crippen LogP contribution in [0, 0.1) is 11.7 Å². The van der Waals surface area contributed by atoms with E-state index in [1.54, 1.807) is 30.3 Å². The maximum absolute atomic E-state index is 13.0. The molecule has 1 aliphatic heterocycles. The molecule has 2 aromatic rings. The van der Waals surface area contributed by atoms with Crippen LogP contribution < -0.4 is 4.74 Å². The van der Waals surface area contributed by atoms with Crippen LogP contribution in [0.25, 0.3) is 0 Å². The van der Waals surface area contributed by atoms with Gasteiger partial charge in [0.1, 0.15) is 24.3 Å². The summed E-state index contributed by atoms with van der Waals surface area (Å²) in [6, 6.07) is 11.0. The van der Waals surface area contributed by atoms with Crippen molar-refractivity contribution in [2.75, 3.05) is 26.2 Å². The molecule has 0 radical (unpaired) electrons. The summed E-state index contributed by atoms with van der Waals surface area (Å²) in [6.45, 7) is 2.19. The number of hydrogen-bond donors (Lipinski definition) is 2. The van der Waals surface area contributed by atoms with Gasteiger partial charge in [0, 0.05) is 11.6 Å². The van der Waals surface area contributed by atoms with Crippen molar-refractivity contribution in [3.05, 3.63) is 63.9 Å². The van der Waals surface area contributed by atoms with Crippen LogP contribution in [0.15, 0.2) is 42.5 Å². The normalized spacial score (nSPS) is 18.0. The zero-order chi connectivity index (χ0) is 20.1. The second-order valence-corrected chi connectivity index (χ2v) is 8.02. The van der Waals surface area contributed by atoms with Gasteiger partial charge in [-0.25, -0.2) is 4.39 Å². The molecule has 28 heavy (non-hydrogen) atoms. The summed E-state index contributed by atoms with van der Waals surface area (Å²) in [5.41, 5.74) is 0.744. The second kappa shape index (κ2) is 9.90. The zero-order valence-corrected chi connectivity index (χ0v) is 16.9. The lowest BCUT2D eigenvalue weighted by atomic mass is 9.87. The minimum Gasteiger partial charge on any atom is -0.489 e. The Labute approximate surface area is 174 Å². The van der Waals surface area contributed by atoms with Crippen molar-refractivity contribution in [2.45, 2.75) is 25.0 Å². The summed E-state index contributed by atoms with van der Waals surface area (Å²) >= 11 is 11.9. The van der Waals surface area contributed by atoms with E-state index in [4.69, 9.17) is 27.9 Å². The Balaban J connectivity index is 1.42. The van der Waals surface area contributed by atoms with Gasteiger partial charge in [-0.2, -0.15) is 0 Å². The van der Waals surface area contributed by atoms with E-state index in [1.165, 1.54) is 12.1 Å². The topological polar surface area (TPSA) is 52.9 Å². The first-order valence-electron chi connectivity index (χ1n) is 9.34. The number of piperidine rings is 1. The molecule has 1 heterocycles. The molecule has 152 valence electrons. The lowest BCUT2D eigenvalue weighted by Gasteiger charge is -2.35. The highest BCUT2D eigenvalue weighted by molar-refractivity contribution is 6.35. The number of β-amino-alcohol motifs (C(OH)–C–C–N with tert-alkyl or cyclic N) is 1. The molecular formula is C21H24Cl2FNO3. The Morgan fingerprint density at radius 1 is 1.07 bits per heavy atom. The van der Waals surface area contributed by atoms with Gasteiger partial charge in [0.15, 0.2) is 0 Å². The van der Waals surface area contributed by atoms with E-state index in [0.717, 1.165) is 31.5 Å². The fourth-order valence-electron chi connectivity index (χ4n) is 3.51. The Hall–Kier alpha value is -1.37. The lowest BCUT2D eigenvalue weighted by molar-refractivity contribution is 0.0278. The van der Waals surface area contributed by atoms with Crippen LogP contribution in [0.3, 0.4) is 0 Å². The number of likely N-dealkylation sites (tertiary alicyclic amines) is 1. The quantitative estimate of drug-likeness (QED) is 0.690. The molecule has 2 atom stereocenters. The molecule has 0 aliphatic carbocycles. The van der Waals surface area contributed by atoms with E-state index in [9.17, 15) is 14.6 Å². The van der Waals surface area contributed by atoms with E-state index < -0.39 is 12.2 Å². The summed E-state index contributed by atoms with van der Waals surface area (Å²) in [6.07, 6.45) is 0.387. The standard InChI is InChI=1S/C21H24Cl2FNO3/c22-16-3-6-20(19(23)11-16)28-13-18(26)12-25-9-7-15(8-10-25)21(27)14-1-4-17(24)5-2-14/h1-6,11,15,18,21,26-27H,7-10,12-13H2. The highest BCUT2D eigenvalue weighted by Gasteiger charge is 2.27. The monoisotopic (exact) mass is 427 g/mol. The minimum atomic E-state index is -0.648. The van der Waals surface area contributed by atoms with Gasteiger partial charge >= 0.3 is 0 Å². The van der Waals surface area contributed by atoms with E-state index in [1.807, 2.05) is 0 Å². The molecule has 0 spiro atoms. The first-order valence-corrected chi connectivity index (χ1v) is 10.1. The molecule has 7 heteroatoms. The Morgan fingerprint density at radius 3 is 2.39 bits per heavy atom. The third-order valence-electron chi connectivity index (χ3n) is 5.08. The minimum absolute atomic E-state index is 0.128. The van der Waals surface area contributed by atoms with E-state index >= 15 is 0 Å². The SMILES string of the molecule is OC(COc1ccc(Cl)cc1Cl)CN1CCC(C(O)c2ccc(F)cc2)CC1. The van der Waals surface area contributed by atoms with Gasteiger partial charge in [-0.05, 0) is 67.7 Å². The van der Waals surface area contributed by atoms with Gasteiger partial charge < -0.3 is 19.8 Å². The number of nitrogens with zero attached hydrogens (tertiary/aromatic N) is 1. The lowest BCUT2D eigenvalue weighted by Crippen LogP contribution is -2.41. The van der Waals surface area contributed by atoms with Crippen molar-refractivity contribution in [3.63, 3.8) is 0 Å². The van der Waals surface area contributed by atoms with Crippen LogP contribution >= 0.6 is 23.2 Å². The van der Waals surface area contributed by atoms with E-state index in [2.05, 4.69) is 4.90 Å². The van der Waals surface area contributed by atoms with Crippen molar-refractivity contribution in [1.82, 2.24) is 4.90 Å². The second-order valence-electron chi connectivity index (χ2n) is 7.17. The van der Waals surface area contributed by atoms with Crippen molar-refractivity contribution in [1.29, 1.82) is 0 Å². The number of rotatable bonds is 7. The summed E-state index contributed by atoms with van der Waals surface area (Å²) in [5, 5.41) is 21.7. The number of halogens is 3. The van der Waals surface area contributed by atoms with E-state index in [0.29, 0.717) is 22.3 Å². The maximum atomic E-state index is 13.0. The van der Waals surface area contributed by atoms with Gasteiger partial charge in [0.25, 0.3) is 0 Å². The van der Waals surface area contributed by atoms with Crippen LogP contribution in [-0.2, 0) is 0 Å². The summed E-state index contributed by atoms with van der Waals surface area (Å²) in [4.78, 5) is 2.16. The molecule has 2 N–H and O–H groups in total. The average molecular weight is 428 g/mol. The van der Waals surface area contributed by atoms with Gasteiger partial charge in [-0.3, -0.25) is 0 Å². The third kappa shape index (κ3) is 5.82. The van der Waals surface area contributed by atoms with Gasteiger partial charge in [-0.15, -0.1) is 0 Å². The number of hydrogen-bond acceptors (Lipinski definition) is 4.